The molecular weight excluding hydrogens is 490 g/mol. The summed E-state index contributed by atoms with van der Waals surface area (Å²) in [6.45, 7) is 1.04. The molecule has 32 heavy (non-hydrogen) atoms. The van der Waals surface area contributed by atoms with E-state index >= 15 is 0 Å². The number of sulfonamides is 1. The fourth-order valence-corrected chi connectivity index (χ4v) is 7.78. The van der Waals surface area contributed by atoms with Gasteiger partial charge in [-0.15, -0.1) is 0 Å². The first-order valence-electron chi connectivity index (χ1n) is 8.88. The Bertz CT molecular complexity index is 1240. The molecule has 3 fully saturated rings. The van der Waals surface area contributed by atoms with Crippen LogP contribution >= 0.6 is 0 Å². The molecule has 0 spiro atoms. The van der Waals surface area contributed by atoms with E-state index in [2.05, 4.69) is 9.46 Å². The van der Waals surface area contributed by atoms with E-state index in [1.165, 1.54) is 0 Å². The van der Waals surface area contributed by atoms with Gasteiger partial charge in [0, 0.05) is 12.8 Å². The van der Waals surface area contributed by atoms with E-state index in [1.807, 2.05) is 0 Å². The van der Waals surface area contributed by atoms with E-state index in [-0.39, 0.29) is 6.42 Å². The lowest BCUT2D eigenvalue weighted by Crippen LogP contribution is -2.47. The maximum Gasteiger partial charge on any atom is 0.316 e. The number of hydrogen-bond acceptors (Lipinski definition) is 9. The van der Waals surface area contributed by atoms with Crippen LogP contribution in [-0.2, 0) is 34.5 Å². The van der Waals surface area contributed by atoms with Crippen LogP contribution in [0.5, 0.6) is 5.75 Å². The zero-order valence-corrected chi connectivity index (χ0v) is 17.3. The van der Waals surface area contributed by atoms with Crippen LogP contribution < -0.4 is 9.46 Å². The molecular formula is C16H12F4NO9S2-. The summed E-state index contributed by atoms with van der Waals surface area (Å²) in [4.78, 5) is 21.7. The second-order valence-electron chi connectivity index (χ2n) is 7.61. The van der Waals surface area contributed by atoms with Crippen molar-refractivity contribution < 1.29 is 58.0 Å². The Labute approximate surface area is 177 Å². The van der Waals surface area contributed by atoms with Gasteiger partial charge in [-0.05, 0) is 12.3 Å². The summed E-state index contributed by atoms with van der Waals surface area (Å²) in [5.74, 6) is -17.8. The molecule has 1 heterocycles. The van der Waals surface area contributed by atoms with Crippen molar-refractivity contribution in [3.8, 4) is 5.75 Å². The van der Waals surface area contributed by atoms with Crippen molar-refractivity contribution in [1.82, 2.24) is 4.72 Å². The molecule has 4 rings (SSSR count). The Morgan fingerprint density at radius 2 is 1.62 bits per heavy atom. The first-order chi connectivity index (χ1) is 14.7. The van der Waals surface area contributed by atoms with Gasteiger partial charge in [-0.1, -0.05) is 0 Å². The number of ether oxygens (including phenoxy) is 2. The zero-order chi connectivity index (χ0) is 23.9. The van der Waals surface area contributed by atoms with E-state index in [9.17, 15) is 48.5 Å². The molecule has 2 aliphatic carbocycles. The molecule has 3 aliphatic rings. The quantitative estimate of drug-likeness (QED) is 0.196. The molecule has 6 atom stereocenters. The minimum atomic E-state index is -5.97. The Kier molecular flexibility index (Phi) is 5.07. The Balaban J connectivity index is 1.73. The van der Waals surface area contributed by atoms with Gasteiger partial charge in [0.1, 0.15) is 21.1 Å². The number of carbonyl (C=O) groups excluding carboxylic acids is 2. The van der Waals surface area contributed by atoms with Crippen LogP contribution in [0.3, 0.4) is 0 Å². The van der Waals surface area contributed by atoms with Crippen LogP contribution in [0.2, 0.25) is 0 Å². The van der Waals surface area contributed by atoms with Crippen molar-refractivity contribution in [2.45, 2.75) is 35.6 Å². The summed E-state index contributed by atoms with van der Waals surface area (Å²) < 4.78 is 126. The lowest BCUT2D eigenvalue weighted by Gasteiger charge is -2.30. The molecule has 0 aromatic heterocycles. The van der Waals surface area contributed by atoms with Gasteiger partial charge in [0.05, 0.1) is 17.2 Å². The molecule has 1 N–H and O–H groups in total. The van der Waals surface area contributed by atoms with Gasteiger partial charge >= 0.3 is 11.9 Å². The van der Waals surface area contributed by atoms with Crippen molar-refractivity contribution in [3.05, 3.63) is 23.3 Å². The Morgan fingerprint density at radius 3 is 2.12 bits per heavy atom. The predicted octanol–water partition coefficient (Wildman–Crippen LogP) is -0.0797. The van der Waals surface area contributed by atoms with Gasteiger partial charge in [-0.3, -0.25) is 9.59 Å². The van der Waals surface area contributed by atoms with Gasteiger partial charge in [0.25, 0.3) is 0 Å². The molecule has 1 aliphatic heterocycles. The molecule has 2 saturated carbocycles. The molecule has 176 valence electrons. The average molecular weight is 502 g/mol. The minimum Gasteiger partial charge on any atom is -0.744 e. The van der Waals surface area contributed by atoms with E-state index in [0.717, 1.165) is 6.92 Å². The smallest absolute Gasteiger partial charge is 0.316 e. The van der Waals surface area contributed by atoms with Crippen molar-refractivity contribution in [3.63, 3.8) is 0 Å². The molecule has 1 saturated heterocycles. The second kappa shape index (κ2) is 7.10. The molecule has 2 bridgehead atoms. The molecule has 10 nitrogen and oxygen atoms in total. The molecule has 0 amide bonds. The number of carbonyl (C=O) groups is 2. The molecule has 1 aromatic carbocycles. The molecule has 16 heteroatoms. The third-order valence-electron chi connectivity index (χ3n) is 5.89. The SMILES string of the molecule is CC(=O)OC1C2CC3C1NS(=O)(=O)C3C2C(=O)Oc1c(F)c(F)c(S(=O)(=O)[O-])c(F)c1F. The first-order valence-corrected chi connectivity index (χ1v) is 11.8. The first kappa shape index (κ1) is 22.9. The summed E-state index contributed by atoms with van der Waals surface area (Å²) in [6.07, 6.45) is -1.03. The van der Waals surface area contributed by atoms with Crippen LogP contribution in [0.4, 0.5) is 17.6 Å². The number of benzene rings is 1. The molecule has 1 aromatic rings. The van der Waals surface area contributed by atoms with Gasteiger partial charge in [0.15, 0.2) is 11.6 Å². The van der Waals surface area contributed by atoms with Crippen LogP contribution in [0, 0.1) is 41.0 Å². The van der Waals surface area contributed by atoms with E-state index in [0.29, 0.717) is 0 Å². The summed E-state index contributed by atoms with van der Waals surface area (Å²) in [5, 5.41) is -1.42. The third kappa shape index (κ3) is 3.19. The highest BCUT2D eigenvalue weighted by Crippen LogP contribution is 2.56. The monoisotopic (exact) mass is 502 g/mol. The maximum absolute atomic E-state index is 14.2. The fourth-order valence-electron chi connectivity index (χ4n) is 4.88. The van der Waals surface area contributed by atoms with Gasteiger partial charge in [-0.25, -0.2) is 30.3 Å². The Morgan fingerprint density at radius 1 is 1.06 bits per heavy atom. The van der Waals surface area contributed by atoms with Crippen molar-refractivity contribution in [1.29, 1.82) is 0 Å². The lowest BCUT2D eigenvalue weighted by molar-refractivity contribution is -0.155. The standard InChI is InChI=1S/C16H13F4NO9S2/c1-3(22)29-12-4-2-5-11(12)21-31(24,25)14(5)6(4)16(23)30-13-7(17)9(19)15(32(26,27)28)10(20)8(13)18/h4-6,11-12,14,21H,2H2,1H3,(H,26,27,28)/p-1. The van der Waals surface area contributed by atoms with Crippen LogP contribution in [0.1, 0.15) is 13.3 Å². The maximum atomic E-state index is 14.2. The summed E-state index contributed by atoms with van der Waals surface area (Å²) >= 11 is 0. The van der Waals surface area contributed by atoms with E-state index in [1.54, 1.807) is 0 Å². The normalized spacial score (nSPS) is 32.2. The van der Waals surface area contributed by atoms with Gasteiger partial charge < -0.3 is 14.0 Å². The van der Waals surface area contributed by atoms with Gasteiger partial charge in [0.2, 0.25) is 27.4 Å². The number of halogens is 4. The highest BCUT2D eigenvalue weighted by atomic mass is 32.2. The topological polar surface area (TPSA) is 156 Å². The van der Waals surface area contributed by atoms with E-state index in [4.69, 9.17) is 4.74 Å². The summed E-state index contributed by atoms with van der Waals surface area (Å²) in [6, 6.07) is -0.826. The number of rotatable bonds is 4. The van der Waals surface area contributed by atoms with Crippen molar-refractivity contribution in [2.75, 3.05) is 0 Å². The number of esters is 2. The van der Waals surface area contributed by atoms with E-state index < -0.39 is 101 Å². The Hall–Kier alpha value is -2.30. The predicted molar refractivity (Wildman–Crippen MR) is 90.1 cm³/mol. The number of hydrogen-bond donors (Lipinski definition) is 1. The van der Waals surface area contributed by atoms with Crippen molar-refractivity contribution in [2.24, 2.45) is 17.8 Å². The van der Waals surface area contributed by atoms with Crippen molar-refractivity contribution >= 4 is 32.1 Å². The minimum absolute atomic E-state index is 0.0698. The molecule has 0 radical (unpaired) electrons. The van der Waals surface area contributed by atoms with Gasteiger partial charge in [-0.2, -0.15) is 8.78 Å². The molecule has 6 unspecified atom stereocenters. The second-order valence-corrected chi connectivity index (χ2v) is 10.8. The number of fused-ring (bicyclic) bond motifs is 1. The van der Waals surface area contributed by atoms with Crippen LogP contribution in [-0.4, -0.2) is 50.7 Å². The highest BCUT2D eigenvalue weighted by molar-refractivity contribution is 7.90. The van der Waals surface area contributed by atoms with Crippen LogP contribution in [0.25, 0.3) is 0 Å². The summed E-state index contributed by atoms with van der Waals surface area (Å²) in [5.41, 5.74) is 0. The largest absolute Gasteiger partial charge is 0.744 e. The lowest BCUT2D eigenvalue weighted by atomic mass is 9.83. The fraction of sp³-hybridized carbons (Fsp3) is 0.500. The highest BCUT2D eigenvalue weighted by Gasteiger charge is 2.70. The zero-order valence-electron chi connectivity index (χ0n) is 15.7. The number of nitrogens with one attached hydrogen (secondary N) is 1. The third-order valence-corrected chi connectivity index (χ3v) is 8.71. The average Bonchev–Trinajstić information content (AvgIpc) is 3.24. The summed E-state index contributed by atoms with van der Waals surface area (Å²) in [7, 11) is -10.1. The van der Waals surface area contributed by atoms with Crippen LogP contribution in [0.15, 0.2) is 4.90 Å².